The predicted molar refractivity (Wildman–Crippen MR) is 176 cm³/mol. The van der Waals surface area contributed by atoms with Gasteiger partial charge in [0, 0.05) is 0 Å². The van der Waals surface area contributed by atoms with Gasteiger partial charge in [-0.2, -0.15) is 0 Å². The molecule has 3 rings (SSSR count). The molecule has 5 atom stereocenters. The first-order chi connectivity index (χ1) is 19.7. The van der Waals surface area contributed by atoms with E-state index >= 15 is 0 Å². The molecule has 0 amide bonds. The number of carbonyl (C=O) groups excluding carboxylic acids is 2. The molecule has 0 radical (unpaired) electrons. The molecular formula is C22H52O12Si8. The Morgan fingerprint density at radius 1 is 0.714 bits per heavy atom. The minimum absolute atomic E-state index is 0.191. The van der Waals surface area contributed by atoms with E-state index in [0.29, 0.717) is 45.1 Å². The molecule has 0 spiro atoms. The third-order valence-corrected chi connectivity index (χ3v) is 36.1. The number of rotatable bonds is 9. The molecule has 3 aliphatic rings. The summed E-state index contributed by atoms with van der Waals surface area (Å²) in [5, 5.41) is 0. The van der Waals surface area contributed by atoms with Crippen molar-refractivity contribution in [1.82, 2.24) is 0 Å². The van der Waals surface area contributed by atoms with Gasteiger partial charge < -0.3 is 42.4 Å². The molecule has 1 saturated carbocycles. The summed E-state index contributed by atoms with van der Waals surface area (Å²) in [7, 11) is -16.2. The van der Waals surface area contributed by atoms with E-state index in [4.69, 9.17) is 42.4 Å². The van der Waals surface area contributed by atoms with E-state index in [1.54, 1.807) is 0 Å². The second-order valence-corrected chi connectivity index (χ2v) is 32.1. The van der Waals surface area contributed by atoms with Crippen LogP contribution in [0, 0.1) is 11.8 Å². The molecule has 2 saturated heterocycles. The zero-order valence-electron chi connectivity index (χ0n) is 26.8. The lowest BCUT2D eigenvalue weighted by Gasteiger charge is -2.40. The van der Waals surface area contributed by atoms with Gasteiger partial charge in [0.1, 0.15) is 5.73 Å². The second-order valence-electron chi connectivity index (χ2n) is 11.7. The molecule has 42 heavy (non-hydrogen) atoms. The highest BCUT2D eigenvalue weighted by Gasteiger charge is 2.48. The normalized spacial score (nSPS) is 41.0. The van der Waals surface area contributed by atoms with E-state index < -0.39 is 78.6 Å². The Kier molecular flexibility index (Phi) is 14.7. The highest BCUT2D eigenvalue weighted by Crippen LogP contribution is 2.32. The van der Waals surface area contributed by atoms with E-state index in [1.165, 1.54) is 0 Å². The summed E-state index contributed by atoms with van der Waals surface area (Å²) < 4.78 is 61.1. The summed E-state index contributed by atoms with van der Waals surface area (Å²) in [6, 6.07) is 0.728. The van der Waals surface area contributed by atoms with Crippen LogP contribution in [0.5, 0.6) is 0 Å². The fourth-order valence-corrected chi connectivity index (χ4v) is 35.5. The summed E-state index contributed by atoms with van der Waals surface area (Å²) in [4.78, 5) is 26.0. The van der Waals surface area contributed by atoms with E-state index in [-0.39, 0.29) is 23.8 Å². The minimum atomic E-state index is -2.86. The van der Waals surface area contributed by atoms with Gasteiger partial charge in [0.15, 0.2) is 0 Å². The van der Waals surface area contributed by atoms with Gasteiger partial charge in [0.2, 0.25) is 0 Å². The Bertz CT molecular complexity index is 856. The SMILES string of the molecule is CCC(OC(=O)C1CCC(C(=O)OCCC[Si]2(C)O[SiH](C)O[SiH](C)O[SiH](C)O2)CC1)[Si]1(C)O[SiH](C)O[SiH](C)O[SiH](C)O1. The van der Waals surface area contributed by atoms with Gasteiger partial charge >= 0.3 is 29.1 Å². The predicted octanol–water partition coefficient (Wildman–Crippen LogP) is 1.99. The molecule has 3 fully saturated rings. The molecule has 0 aromatic rings. The largest absolute Gasteiger partial charge is 0.465 e. The van der Waals surface area contributed by atoms with Crippen molar-refractivity contribution in [3.05, 3.63) is 0 Å². The van der Waals surface area contributed by atoms with Gasteiger partial charge in [-0.25, -0.2) is 0 Å². The van der Waals surface area contributed by atoms with Gasteiger partial charge in [0.25, 0.3) is 55.7 Å². The first-order valence-corrected chi connectivity index (χ1v) is 32.9. The van der Waals surface area contributed by atoms with Gasteiger partial charge in [0.05, 0.1) is 18.4 Å². The number of hydrogen-bond donors (Lipinski definition) is 0. The van der Waals surface area contributed by atoms with Gasteiger partial charge in [-0.05, 0) is 96.9 Å². The summed E-state index contributed by atoms with van der Waals surface area (Å²) in [5.74, 6) is -0.869. The Balaban J connectivity index is 1.42. The van der Waals surface area contributed by atoms with Crippen molar-refractivity contribution in [3.63, 3.8) is 0 Å². The van der Waals surface area contributed by atoms with Crippen LogP contribution < -0.4 is 0 Å². The fraction of sp³-hybridized carbons (Fsp3) is 0.909. The van der Waals surface area contributed by atoms with Crippen molar-refractivity contribution in [2.24, 2.45) is 11.8 Å². The topological polar surface area (TPSA) is 126 Å². The van der Waals surface area contributed by atoms with Crippen LogP contribution in [0.1, 0.15) is 45.4 Å². The van der Waals surface area contributed by atoms with Crippen LogP contribution in [-0.4, -0.2) is 97.1 Å². The van der Waals surface area contributed by atoms with Crippen LogP contribution in [0.4, 0.5) is 0 Å². The molecule has 0 aromatic heterocycles. The van der Waals surface area contributed by atoms with Crippen LogP contribution in [0.2, 0.25) is 58.4 Å². The Morgan fingerprint density at radius 2 is 1.14 bits per heavy atom. The molecule has 244 valence electrons. The Morgan fingerprint density at radius 3 is 1.60 bits per heavy atom. The lowest BCUT2D eigenvalue weighted by molar-refractivity contribution is -0.157. The molecule has 1 aliphatic carbocycles. The van der Waals surface area contributed by atoms with E-state index in [1.807, 2.05) is 52.8 Å². The van der Waals surface area contributed by atoms with Crippen LogP contribution >= 0.6 is 0 Å². The summed E-state index contributed by atoms with van der Waals surface area (Å²) in [6.45, 7) is 18.3. The third kappa shape index (κ3) is 11.3. The zero-order chi connectivity index (χ0) is 31.1. The minimum Gasteiger partial charge on any atom is -0.465 e. The number of carbonyl (C=O) groups is 2. The van der Waals surface area contributed by atoms with Crippen molar-refractivity contribution in [2.45, 2.75) is 110 Å². The monoisotopic (exact) mass is 732 g/mol. The standard InChI is InChI=1S/C22H52O12Si8/c1-10-20(42(9)33-39(6)29-36(3)30-40(7)34-42)26-22(24)19-14-12-18(13-15-19)21(23)25-16-11-17-41(8)31-37(4)27-35(2)28-38(5)32-41/h18-20,35-40H,10-17H2,1-9H3. The molecule has 2 heterocycles. The van der Waals surface area contributed by atoms with Gasteiger partial charge in [-0.15, -0.1) is 0 Å². The first kappa shape index (κ1) is 36.8. The second kappa shape index (κ2) is 16.8. The molecule has 5 unspecified atom stereocenters. The maximum atomic E-state index is 13.2. The highest BCUT2D eigenvalue weighted by molar-refractivity contribution is 6.82. The molecule has 2 aliphatic heterocycles. The molecule has 20 heteroatoms. The van der Waals surface area contributed by atoms with Crippen LogP contribution in [0.15, 0.2) is 0 Å². The van der Waals surface area contributed by atoms with Crippen molar-refractivity contribution >= 4 is 84.8 Å². The number of ether oxygens (including phenoxy) is 2. The van der Waals surface area contributed by atoms with E-state index in [9.17, 15) is 9.59 Å². The average molecular weight is 733 g/mol. The smallest absolute Gasteiger partial charge is 0.359 e. The lowest BCUT2D eigenvalue weighted by atomic mass is 9.82. The van der Waals surface area contributed by atoms with Crippen molar-refractivity contribution in [3.8, 4) is 0 Å². The Hall–Kier alpha value is 0.355. The van der Waals surface area contributed by atoms with Gasteiger partial charge in [-0.1, -0.05) is 6.92 Å². The van der Waals surface area contributed by atoms with Gasteiger partial charge in [-0.3, -0.25) is 9.59 Å². The van der Waals surface area contributed by atoms with Crippen molar-refractivity contribution in [2.75, 3.05) is 6.61 Å². The molecule has 0 bridgehead atoms. The third-order valence-electron chi connectivity index (χ3n) is 7.79. The highest BCUT2D eigenvalue weighted by atomic mass is 28.5. The van der Waals surface area contributed by atoms with Crippen LogP contribution in [0.25, 0.3) is 0 Å². The Labute approximate surface area is 263 Å². The number of esters is 2. The molecule has 0 N–H and O–H groups in total. The lowest BCUT2D eigenvalue weighted by Crippen LogP contribution is -2.60. The maximum Gasteiger partial charge on any atom is 0.359 e. The fourth-order valence-electron chi connectivity index (χ4n) is 5.99. The first-order valence-electron chi connectivity index (χ1n) is 15.4. The van der Waals surface area contributed by atoms with Crippen LogP contribution in [-0.2, 0) is 52.0 Å². The summed E-state index contributed by atoms with van der Waals surface area (Å²) >= 11 is 0. The average Bonchev–Trinajstić information content (AvgIpc) is 2.87. The van der Waals surface area contributed by atoms with E-state index in [0.717, 1.165) is 6.04 Å². The quantitative estimate of drug-likeness (QED) is 0.196. The van der Waals surface area contributed by atoms with Crippen molar-refractivity contribution < 1.29 is 52.0 Å². The van der Waals surface area contributed by atoms with Crippen molar-refractivity contribution in [1.29, 1.82) is 0 Å². The molecule has 0 aromatic carbocycles. The zero-order valence-corrected chi connectivity index (χ0v) is 35.7. The number of hydrogen-bond acceptors (Lipinski definition) is 12. The summed E-state index contributed by atoms with van der Waals surface area (Å²) in [5.41, 5.74) is -0.434. The molecular weight excluding hydrogens is 681 g/mol. The molecule has 12 nitrogen and oxygen atoms in total. The summed E-state index contributed by atoms with van der Waals surface area (Å²) in [6.07, 6.45) is 3.69. The van der Waals surface area contributed by atoms with Crippen LogP contribution in [0.3, 0.4) is 0 Å². The van der Waals surface area contributed by atoms with E-state index in [2.05, 4.69) is 6.55 Å². The maximum absolute atomic E-state index is 13.2.